The number of anilines is 2. The summed E-state index contributed by atoms with van der Waals surface area (Å²) in [5.74, 6) is -0.868. The maximum absolute atomic E-state index is 11.7. The highest BCUT2D eigenvalue weighted by atomic mass is 16.6. The number of benzene rings is 1. The van der Waals surface area contributed by atoms with Crippen LogP contribution in [0.25, 0.3) is 0 Å². The Hall–Kier alpha value is -3.23. The Morgan fingerprint density at radius 2 is 1.96 bits per heavy atom. The summed E-state index contributed by atoms with van der Waals surface area (Å²) in [7, 11) is 0. The molecule has 0 bridgehead atoms. The number of aromatic nitrogens is 2. The van der Waals surface area contributed by atoms with Gasteiger partial charge in [0.25, 0.3) is 0 Å². The molecule has 1 unspecified atom stereocenters. The molecule has 9 heteroatoms. The Morgan fingerprint density at radius 3 is 2.56 bits per heavy atom. The number of nitro groups is 1. The maximum Gasteiger partial charge on any atom is 0.353 e. The van der Waals surface area contributed by atoms with E-state index in [1.807, 2.05) is 37.3 Å². The predicted octanol–water partition coefficient (Wildman–Crippen LogP) is 2.86. The standard InChI is InChI=1S/C18H21N5O4/c1-12(13-5-3-2-4-6-13)21-16-15(23(26)27)17(20-11-19-16)22-9-7-14(8-10-22)18(24)25/h2-6,11-12,14H,7-10H2,1H3,(H,24,25)(H,19,20,21). The summed E-state index contributed by atoms with van der Waals surface area (Å²) in [6, 6.07) is 9.40. The number of nitrogens with one attached hydrogen (secondary N) is 1. The molecule has 27 heavy (non-hydrogen) atoms. The number of carbonyl (C=O) groups is 1. The lowest BCUT2D eigenvalue weighted by atomic mass is 9.97. The molecular weight excluding hydrogens is 350 g/mol. The molecule has 0 aliphatic carbocycles. The van der Waals surface area contributed by atoms with E-state index in [4.69, 9.17) is 5.11 Å². The van der Waals surface area contributed by atoms with Crippen LogP contribution < -0.4 is 10.2 Å². The lowest BCUT2D eigenvalue weighted by Crippen LogP contribution is -2.37. The molecule has 1 aromatic carbocycles. The van der Waals surface area contributed by atoms with E-state index in [1.54, 1.807) is 4.90 Å². The zero-order chi connectivity index (χ0) is 19.4. The number of carboxylic acids is 1. The average Bonchev–Trinajstić information content (AvgIpc) is 2.68. The van der Waals surface area contributed by atoms with Crippen molar-refractivity contribution in [2.45, 2.75) is 25.8 Å². The van der Waals surface area contributed by atoms with Crippen molar-refractivity contribution in [2.24, 2.45) is 5.92 Å². The molecule has 2 N–H and O–H groups in total. The molecule has 1 aliphatic heterocycles. The number of aliphatic carboxylic acids is 1. The third-order valence-corrected chi connectivity index (χ3v) is 4.78. The van der Waals surface area contributed by atoms with E-state index in [2.05, 4.69) is 15.3 Å². The van der Waals surface area contributed by atoms with Crippen molar-refractivity contribution in [2.75, 3.05) is 23.3 Å². The molecule has 2 heterocycles. The molecule has 1 aromatic heterocycles. The summed E-state index contributed by atoms with van der Waals surface area (Å²) in [5.41, 5.74) is 0.795. The van der Waals surface area contributed by atoms with Gasteiger partial charge in [-0.1, -0.05) is 30.3 Å². The molecule has 1 atom stereocenters. The van der Waals surface area contributed by atoms with E-state index < -0.39 is 16.8 Å². The van der Waals surface area contributed by atoms with Gasteiger partial charge in [-0.05, 0) is 25.3 Å². The molecule has 0 radical (unpaired) electrons. The minimum atomic E-state index is -0.828. The second-order valence-corrected chi connectivity index (χ2v) is 6.53. The second kappa shape index (κ2) is 7.98. The molecule has 0 saturated carbocycles. The fourth-order valence-electron chi connectivity index (χ4n) is 3.24. The van der Waals surface area contributed by atoms with Crippen molar-refractivity contribution in [3.63, 3.8) is 0 Å². The fraction of sp³-hybridized carbons (Fsp3) is 0.389. The minimum Gasteiger partial charge on any atom is -0.481 e. The van der Waals surface area contributed by atoms with Crippen LogP contribution in [0.4, 0.5) is 17.3 Å². The quantitative estimate of drug-likeness (QED) is 0.587. The maximum atomic E-state index is 11.7. The van der Waals surface area contributed by atoms with Gasteiger partial charge in [-0.25, -0.2) is 9.97 Å². The smallest absolute Gasteiger partial charge is 0.353 e. The molecule has 2 aromatic rings. The van der Waals surface area contributed by atoms with Gasteiger partial charge in [0.05, 0.1) is 16.9 Å². The molecule has 1 fully saturated rings. The molecule has 0 amide bonds. The first-order valence-electron chi connectivity index (χ1n) is 8.76. The predicted molar refractivity (Wildman–Crippen MR) is 99.7 cm³/mol. The fourth-order valence-corrected chi connectivity index (χ4v) is 3.24. The van der Waals surface area contributed by atoms with Gasteiger partial charge in [-0.15, -0.1) is 0 Å². The van der Waals surface area contributed by atoms with Crippen molar-refractivity contribution in [3.8, 4) is 0 Å². The van der Waals surface area contributed by atoms with E-state index in [9.17, 15) is 14.9 Å². The number of carboxylic acid groups (broad SMARTS) is 1. The molecule has 9 nitrogen and oxygen atoms in total. The van der Waals surface area contributed by atoms with Gasteiger partial charge in [0.15, 0.2) is 0 Å². The number of piperidine rings is 1. The number of hydrogen-bond acceptors (Lipinski definition) is 7. The summed E-state index contributed by atoms with van der Waals surface area (Å²) in [5, 5.41) is 24.0. The van der Waals surface area contributed by atoms with Crippen molar-refractivity contribution < 1.29 is 14.8 Å². The van der Waals surface area contributed by atoms with Crippen molar-refractivity contribution in [1.29, 1.82) is 0 Å². The largest absolute Gasteiger partial charge is 0.481 e. The van der Waals surface area contributed by atoms with E-state index in [0.717, 1.165) is 5.56 Å². The monoisotopic (exact) mass is 371 g/mol. The third-order valence-electron chi connectivity index (χ3n) is 4.78. The first kappa shape index (κ1) is 18.6. The van der Waals surface area contributed by atoms with Crippen LogP contribution in [0.2, 0.25) is 0 Å². The first-order valence-corrected chi connectivity index (χ1v) is 8.76. The Bertz CT molecular complexity index is 822. The highest BCUT2D eigenvalue weighted by molar-refractivity contribution is 5.72. The topological polar surface area (TPSA) is 121 Å². The Morgan fingerprint density at radius 1 is 1.30 bits per heavy atom. The van der Waals surface area contributed by atoms with E-state index in [1.165, 1.54) is 6.33 Å². The molecule has 1 aliphatic rings. The van der Waals surface area contributed by atoms with Gasteiger partial charge in [-0.2, -0.15) is 0 Å². The van der Waals surface area contributed by atoms with Crippen LogP contribution in [0.3, 0.4) is 0 Å². The lowest BCUT2D eigenvalue weighted by molar-refractivity contribution is -0.383. The summed E-state index contributed by atoms with van der Waals surface area (Å²) in [6.07, 6.45) is 2.16. The molecule has 3 rings (SSSR count). The Balaban J connectivity index is 1.85. The summed E-state index contributed by atoms with van der Waals surface area (Å²) >= 11 is 0. The van der Waals surface area contributed by atoms with Crippen molar-refractivity contribution in [1.82, 2.24) is 9.97 Å². The van der Waals surface area contributed by atoms with Crippen LogP contribution in [0.1, 0.15) is 31.4 Å². The van der Waals surface area contributed by atoms with Crippen LogP contribution in [0, 0.1) is 16.0 Å². The third kappa shape index (κ3) is 4.13. The van der Waals surface area contributed by atoms with Crippen LogP contribution in [0.15, 0.2) is 36.7 Å². The Labute approximate surface area is 156 Å². The number of hydrogen-bond donors (Lipinski definition) is 2. The van der Waals surface area contributed by atoms with Gasteiger partial charge in [0.1, 0.15) is 6.33 Å². The van der Waals surface area contributed by atoms with Crippen LogP contribution in [-0.4, -0.2) is 39.1 Å². The SMILES string of the molecule is CC(Nc1ncnc(N2CCC(C(=O)O)CC2)c1[N+](=O)[O-])c1ccccc1. The minimum absolute atomic E-state index is 0.154. The zero-order valence-electron chi connectivity index (χ0n) is 14.9. The highest BCUT2D eigenvalue weighted by Gasteiger charge is 2.32. The van der Waals surface area contributed by atoms with Crippen LogP contribution in [-0.2, 0) is 4.79 Å². The molecule has 142 valence electrons. The van der Waals surface area contributed by atoms with E-state index in [-0.39, 0.29) is 23.4 Å². The lowest BCUT2D eigenvalue weighted by Gasteiger charge is -2.30. The molecule has 1 saturated heterocycles. The summed E-state index contributed by atoms with van der Waals surface area (Å²) in [4.78, 5) is 32.3. The van der Waals surface area contributed by atoms with E-state index >= 15 is 0 Å². The van der Waals surface area contributed by atoms with E-state index in [0.29, 0.717) is 25.9 Å². The van der Waals surface area contributed by atoms with Gasteiger partial charge < -0.3 is 15.3 Å². The summed E-state index contributed by atoms with van der Waals surface area (Å²) < 4.78 is 0. The number of nitrogens with zero attached hydrogens (tertiary/aromatic N) is 4. The van der Waals surface area contributed by atoms with Gasteiger partial charge in [0, 0.05) is 13.1 Å². The van der Waals surface area contributed by atoms with Crippen molar-refractivity contribution in [3.05, 3.63) is 52.3 Å². The average molecular weight is 371 g/mol. The Kier molecular flexibility index (Phi) is 5.49. The second-order valence-electron chi connectivity index (χ2n) is 6.53. The zero-order valence-corrected chi connectivity index (χ0v) is 14.9. The van der Waals surface area contributed by atoms with Gasteiger partial charge in [0.2, 0.25) is 11.6 Å². The summed E-state index contributed by atoms with van der Waals surface area (Å²) in [6.45, 7) is 2.71. The highest BCUT2D eigenvalue weighted by Crippen LogP contribution is 2.35. The molecule has 0 spiro atoms. The molecular formula is C18H21N5O4. The first-order chi connectivity index (χ1) is 13.0. The van der Waals surface area contributed by atoms with Gasteiger partial charge in [-0.3, -0.25) is 14.9 Å². The normalized spacial score (nSPS) is 16.0. The van der Waals surface area contributed by atoms with Crippen molar-refractivity contribution >= 4 is 23.3 Å². The van der Waals surface area contributed by atoms with Crippen LogP contribution in [0.5, 0.6) is 0 Å². The number of rotatable bonds is 6. The van der Waals surface area contributed by atoms with Gasteiger partial charge >= 0.3 is 11.7 Å². The van der Waals surface area contributed by atoms with Crippen LogP contribution >= 0.6 is 0 Å².